The molecule has 7 N–H and O–H groups in total. The fourth-order valence-corrected chi connectivity index (χ4v) is 1.20. The molecule has 1 atom stereocenters. The van der Waals surface area contributed by atoms with E-state index in [0.717, 1.165) is 6.07 Å². The smallest absolute Gasteiger partial charge is 0.337 e. The van der Waals surface area contributed by atoms with Crippen molar-refractivity contribution >= 4 is 11.7 Å². The van der Waals surface area contributed by atoms with E-state index < -0.39 is 12.0 Å². The van der Waals surface area contributed by atoms with Crippen molar-refractivity contribution in [2.24, 2.45) is 5.73 Å². The third-order valence-corrected chi connectivity index (χ3v) is 2.03. The molecule has 0 spiro atoms. The molecule has 1 aromatic carbocycles. The van der Waals surface area contributed by atoms with Gasteiger partial charge >= 0.3 is 5.97 Å². The minimum atomic E-state index is -1.23. The lowest BCUT2D eigenvalue weighted by atomic mass is 10.0. The van der Waals surface area contributed by atoms with Crippen LogP contribution in [0.2, 0.25) is 0 Å². The summed E-state index contributed by atoms with van der Waals surface area (Å²) in [6.45, 7) is -0.362. The van der Waals surface area contributed by atoms with Crippen LogP contribution < -0.4 is 11.5 Å². The number of nitrogens with two attached hydrogens (primary N) is 2. The summed E-state index contributed by atoms with van der Waals surface area (Å²) in [4.78, 5) is 10.7. The van der Waals surface area contributed by atoms with E-state index in [1.807, 2.05) is 0 Å². The number of aliphatic hydroxyl groups is 1. The lowest BCUT2D eigenvalue weighted by Gasteiger charge is -2.12. The topological polar surface area (TPSA) is 130 Å². The molecule has 0 aliphatic carbocycles. The van der Waals surface area contributed by atoms with Crippen LogP contribution >= 0.6 is 0 Å². The van der Waals surface area contributed by atoms with Crippen molar-refractivity contribution in [1.29, 1.82) is 0 Å². The summed E-state index contributed by atoms with van der Waals surface area (Å²) in [5, 5.41) is 27.0. The molecule has 6 heteroatoms. The van der Waals surface area contributed by atoms with E-state index in [1.165, 1.54) is 6.07 Å². The van der Waals surface area contributed by atoms with Crippen LogP contribution in [-0.2, 0) is 0 Å². The first-order valence-corrected chi connectivity index (χ1v) is 4.19. The number of phenols is 1. The molecular formula is C9H12N2O4. The van der Waals surface area contributed by atoms with Crippen molar-refractivity contribution in [2.75, 3.05) is 12.3 Å². The van der Waals surface area contributed by atoms with Crippen LogP contribution in [-0.4, -0.2) is 27.9 Å². The lowest BCUT2D eigenvalue weighted by Crippen LogP contribution is -2.15. The highest BCUT2D eigenvalue weighted by molar-refractivity contribution is 5.94. The Kier molecular flexibility index (Phi) is 3.13. The average molecular weight is 212 g/mol. The molecule has 15 heavy (non-hydrogen) atoms. The number of carboxylic acids is 1. The van der Waals surface area contributed by atoms with Gasteiger partial charge < -0.3 is 26.8 Å². The molecule has 0 saturated carbocycles. The van der Waals surface area contributed by atoms with E-state index in [0.29, 0.717) is 0 Å². The second-order valence-electron chi connectivity index (χ2n) is 3.09. The number of anilines is 1. The molecule has 0 radical (unpaired) electrons. The van der Waals surface area contributed by atoms with E-state index in [-0.39, 0.29) is 29.2 Å². The molecule has 0 heterocycles. The predicted octanol–water partition coefficient (Wildman–Crippen LogP) is -0.335. The quantitative estimate of drug-likeness (QED) is 0.344. The monoisotopic (exact) mass is 212 g/mol. The zero-order valence-electron chi connectivity index (χ0n) is 7.84. The zero-order chi connectivity index (χ0) is 11.6. The molecule has 82 valence electrons. The van der Waals surface area contributed by atoms with E-state index in [1.54, 1.807) is 0 Å². The highest BCUT2D eigenvalue weighted by Crippen LogP contribution is 2.28. The van der Waals surface area contributed by atoms with Gasteiger partial charge in [-0.1, -0.05) is 0 Å². The van der Waals surface area contributed by atoms with Gasteiger partial charge in [-0.3, -0.25) is 0 Å². The highest BCUT2D eigenvalue weighted by atomic mass is 16.4. The SMILES string of the molecule is Nc1cc([C@H](N)CO)c(O)cc1C(=O)O. The maximum Gasteiger partial charge on any atom is 0.337 e. The van der Waals surface area contributed by atoms with Crippen molar-refractivity contribution in [3.8, 4) is 5.75 Å². The molecule has 0 bridgehead atoms. The van der Waals surface area contributed by atoms with Gasteiger partial charge in [-0.25, -0.2) is 4.79 Å². The Bertz CT molecular complexity index is 392. The van der Waals surface area contributed by atoms with Crippen LogP contribution in [0.1, 0.15) is 22.0 Å². The number of rotatable bonds is 3. The number of aliphatic hydroxyl groups excluding tert-OH is 1. The van der Waals surface area contributed by atoms with Gasteiger partial charge in [-0.05, 0) is 12.1 Å². The largest absolute Gasteiger partial charge is 0.508 e. The predicted molar refractivity (Wildman–Crippen MR) is 53.5 cm³/mol. The van der Waals surface area contributed by atoms with Crippen LogP contribution in [0.3, 0.4) is 0 Å². The van der Waals surface area contributed by atoms with Crippen LogP contribution in [0.25, 0.3) is 0 Å². The van der Waals surface area contributed by atoms with Crippen molar-refractivity contribution < 1.29 is 20.1 Å². The summed E-state index contributed by atoms with van der Waals surface area (Å²) in [6, 6.07) is 1.48. The van der Waals surface area contributed by atoms with Gasteiger partial charge in [0.05, 0.1) is 18.2 Å². The average Bonchev–Trinajstić information content (AvgIpc) is 2.19. The van der Waals surface area contributed by atoms with Crippen LogP contribution in [0, 0.1) is 0 Å². The number of nitrogen functional groups attached to an aromatic ring is 1. The Labute approximate surface area is 85.8 Å². The van der Waals surface area contributed by atoms with Gasteiger partial charge in [0.15, 0.2) is 0 Å². The van der Waals surface area contributed by atoms with E-state index >= 15 is 0 Å². The number of carbonyl (C=O) groups is 1. The molecule has 0 aliphatic rings. The molecule has 0 aliphatic heterocycles. The molecule has 0 fully saturated rings. The van der Waals surface area contributed by atoms with Crippen molar-refractivity contribution in [1.82, 2.24) is 0 Å². The maximum atomic E-state index is 10.7. The summed E-state index contributed by atoms with van der Waals surface area (Å²) in [6.07, 6.45) is 0. The molecular weight excluding hydrogens is 200 g/mol. The first kappa shape index (κ1) is 11.3. The molecule has 6 nitrogen and oxygen atoms in total. The fraction of sp³-hybridized carbons (Fsp3) is 0.222. The number of carboxylic acid groups (broad SMARTS) is 1. The first-order chi connectivity index (χ1) is 6.97. The minimum absolute atomic E-state index is 0.000741. The van der Waals surface area contributed by atoms with Crippen LogP contribution in [0.4, 0.5) is 5.69 Å². The summed E-state index contributed by atoms with van der Waals surface area (Å²) in [5.74, 6) is -1.52. The number of hydrogen-bond acceptors (Lipinski definition) is 5. The molecule has 1 rings (SSSR count). The molecule has 1 aromatic rings. The van der Waals surface area contributed by atoms with Gasteiger partial charge in [-0.2, -0.15) is 0 Å². The van der Waals surface area contributed by atoms with Crippen molar-refractivity contribution in [2.45, 2.75) is 6.04 Å². The van der Waals surface area contributed by atoms with Crippen molar-refractivity contribution in [3.63, 3.8) is 0 Å². The molecule has 0 amide bonds. The fourth-order valence-electron chi connectivity index (χ4n) is 1.20. The number of hydrogen-bond donors (Lipinski definition) is 5. The Hall–Kier alpha value is -1.79. The second-order valence-corrected chi connectivity index (χ2v) is 3.09. The lowest BCUT2D eigenvalue weighted by molar-refractivity contribution is 0.0697. The molecule has 0 aromatic heterocycles. The normalized spacial score (nSPS) is 12.4. The number of aromatic hydroxyl groups is 1. The Balaban J connectivity index is 3.25. The minimum Gasteiger partial charge on any atom is -0.508 e. The summed E-state index contributed by atoms with van der Waals surface area (Å²) in [5.41, 5.74) is 11.0. The van der Waals surface area contributed by atoms with E-state index in [9.17, 15) is 9.90 Å². The Morgan fingerprint density at radius 2 is 2.07 bits per heavy atom. The summed E-state index contributed by atoms with van der Waals surface area (Å²) < 4.78 is 0. The van der Waals surface area contributed by atoms with Gasteiger partial charge in [0, 0.05) is 11.3 Å². The summed E-state index contributed by atoms with van der Waals surface area (Å²) in [7, 11) is 0. The molecule has 0 saturated heterocycles. The molecule has 0 unspecified atom stereocenters. The van der Waals surface area contributed by atoms with Crippen LogP contribution in [0.5, 0.6) is 5.75 Å². The van der Waals surface area contributed by atoms with Gasteiger partial charge in [-0.15, -0.1) is 0 Å². The second kappa shape index (κ2) is 4.16. The van der Waals surface area contributed by atoms with Gasteiger partial charge in [0.2, 0.25) is 0 Å². The van der Waals surface area contributed by atoms with E-state index in [4.69, 9.17) is 21.7 Å². The highest BCUT2D eigenvalue weighted by Gasteiger charge is 2.16. The third-order valence-electron chi connectivity index (χ3n) is 2.03. The number of phenolic OH excluding ortho intramolecular Hbond substituents is 1. The number of benzene rings is 1. The van der Waals surface area contributed by atoms with Crippen molar-refractivity contribution in [3.05, 3.63) is 23.3 Å². The zero-order valence-corrected chi connectivity index (χ0v) is 7.84. The van der Waals surface area contributed by atoms with Gasteiger partial charge in [0.25, 0.3) is 0 Å². The first-order valence-electron chi connectivity index (χ1n) is 4.19. The standard InChI is InChI=1S/C9H12N2O4/c10-6-1-4(7(11)3-12)8(13)2-5(6)9(14)15/h1-2,7,12-13H,3,10-11H2,(H,14,15)/t7-/m1/s1. The Morgan fingerprint density at radius 3 is 2.53 bits per heavy atom. The van der Waals surface area contributed by atoms with Gasteiger partial charge in [0.1, 0.15) is 5.75 Å². The van der Waals surface area contributed by atoms with Crippen LogP contribution in [0.15, 0.2) is 12.1 Å². The third kappa shape index (κ3) is 2.17. The Morgan fingerprint density at radius 1 is 1.47 bits per heavy atom. The summed E-state index contributed by atoms with van der Waals surface area (Å²) >= 11 is 0. The van der Waals surface area contributed by atoms with E-state index in [2.05, 4.69) is 0 Å². The number of aromatic carboxylic acids is 1. The maximum absolute atomic E-state index is 10.7.